The van der Waals surface area contributed by atoms with E-state index in [0.29, 0.717) is 13.0 Å². The van der Waals surface area contributed by atoms with Crippen LogP contribution in [0.25, 0.3) is 0 Å². The Bertz CT molecular complexity index is 326. The number of hydrogen-bond donors (Lipinski definition) is 1. The number of hydrogen-bond acceptors (Lipinski definition) is 3. The number of carboxylic acid groups (broad SMARTS) is 1. The molecule has 0 radical (unpaired) electrons. The lowest BCUT2D eigenvalue weighted by Crippen LogP contribution is -2.54. The number of imide groups is 1. The van der Waals surface area contributed by atoms with Crippen molar-refractivity contribution in [1.29, 1.82) is 0 Å². The highest BCUT2D eigenvalue weighted by Crippen LogP contribution is 2.25. The molecule has 0 bridgehead atoms. The molecule has 1 N–H and O–H groups in total. The smallest absolute Gasteiger partial charge is 0.408 e. The third-order valence-corrected chi connectivity index (χ3v) is 3.10. The molecule has 1 unspecified atom stereocenters. The molecule has 2 heterocycles. The quantitative estimate of drug-likeness (QED) is 0.665. The van der Waals surface area contributed by atoms with Gasteiger partial charge in [0.15, 0.2) is 0 Å². The number of carbonyl (C=O) groups is 3. The maximum atomic E-state index is 11.5. The van der Waals surface area contributed by atoms with Gasteiger partial charge >= 0.3 is 6.09 Å². The predicted molar refractivity (Wildman–Crippen MR) is 53.5 cm³/mol. The van der Waals surface area contributed by atoms with Crippen molar-refractivity contribution in [3.8, 4) is 0 Å². The third-order valence-electron chi connectivity index (χ3n) is 3.10. The molecular formula is C10H14N2O4. The fraction of sp³-hybridized carbons (Fsp3) is 0.700. The molecule has 2 rings (SSSR count). The molecule has 0 aromatic rings. The van der Waals surface area contributed by atoms with E-state index in [4.69, 9.17) is 5.11 Å². The Labute approximate surface area is 92.8 Å². The molecular weight excluding hydrogens is 212 g/mol. The highest BCUT2D eigenvalue weighted by atomic mass is 16.4. The summed E-state index contributed by atoms with van der Waals surface area (Å²) < 4.78 is 0. The number of carbonyl (C=O) groups excluding carboxylic acids is 2. The van der Waals surface area contributed by atoms with Crippen LogP contribution in [0.2, 0.25) is 0 Å². The van der Waals surface area contributed by atoms with Crippen molar-refractivity contribution >= 4 is 17.9 Å². The Balaban J connectivity index is 2.19. The summed E-state index contributed by atoms with van der Waals surface area (Å²) in [5, 5.41) is 9.02. The fourth-order valence-electron chi connectivity index (χ4n) is 2.33. The lowest BCUT2D eigenvalue weighted by Gasteiger charge is -2.38. The van der Waals surface area contributed by atoms with Crippen LogP contribution in [0, 0.1) is 0 Å². The van der Waals surface area contributed by atoms with Crippen molar-refractivity contribution in [1.82, 2.24) is 9.80 Å². The molecule has 6 nitrogen and oxygen atoms in total. The van der Waals surface area contributed by atoms with Gasteiger partial charge in [-0.3, -0.25) is 19.4 Å². The third kappa shape index (κ3) is 1.75. The van der Waals surface area contributed by atoms with Gasteiger partial charge in [-0.2, -0.15) is 0 Å². The van der Waals surface area contributed by atoms with Crippen LogP contribution >= 0.6 is 0 Å². The average molecular weight is 226 g/mol. The number of likely N-dealkylation sites (tertiary alicyclic amines) is 2. The normalized spacial score (nSPS) is 26.4. The van der Waals surface area contributed by atoms with E-state index in [1.54, 1.807) is 0 Å². The predicted octanol–water partition coefficient (Wildman–Crippen LogP) is 0.625. The topological polar surface area (TPSA) is 77.9 Å². The van der Waals surface area contributed by atoms with E-state index in [2.05, 4.69) is 0 Å². The Morgan fingerprint density at radius 2 is 1.81 bits per heavy atom. The minimum absolute atomic E-state index is 0.211. The molecule has 2 saturated heterocycles. The Morgan fingerprint density at radius 1 is 1.19 bits per heavy atom. The lowest BCUT2D eigenvalue weighted by molar-refractivity contribution is -0.145. The first kappa shape index (κ1) is 10.9. The van der Waals surface area contributed by atoms with Crippen LogP contribution in [-0.4, -0.2) is 45.5 Å². The summed E-state index contributed by atoms with van der Waals surface area (Å²) in [4.78, 5) is 36.4. The zero-order valence-electron chi connectivity index (χ0n) is 8.89. The molecule has 0 aromatic carbocycles. The van der Waals surface area contributed by atoms with E-state index in [1.165, 1.54) is 4.90 Å². The van der Waals surface area contributed by atoms with E-state index < -0.39 is 12.3 Å². The molecule has 0 aliphatic carbocycles. The highest BCUT2D eigenvalue weighted by molar-refractivity contribution is 6.02. The number of nitrogens with zero attached hydrogens (tertiary/aromatic N) is 2. The van der Waals surface area contributed by atoms with Crippen molar-refractivity contribution in [3.05, 3.63) is 0 Å². The second-order valence-electron chi connectivity index (χ2n) is 4.11. The van der Waals surface area contributed by atoms with Gasteiger partial charge in [0.2, 0.25) is 11.8 Å². The maximum Gasteiger partial charge on any atom is 0.408 e. The van der Waals surface area contributed by atoms with Crippen LogP contribution in [-0.2, 0) is 9.59 Å². The molecule has 2 aliphatic rings. The molecule has 0 spiro atoms. The van der Waals surface area contributed by atoms with Crippen LogP contribution in [0.15, 0.2) is 0 Å². The number of amides is 3. The van der Waals surface area contributed by atoms with Crippen LogP contribution in [0.4, 0.5) is 4.79 Å². The average Bonchev–Trinajstić information content (AvgIpc) is 2.58. The SMILES string of the molecule is O=C(O)N1CCCCC1N1C(=O)CCC1=O. The van der Waals surface area contributed by atoms with Gasteiger partial charge < -0.3 is 5.11 Å². The Hall–Kier alpha value is -1.59. The summed E-state index contributed by atoms with van der Waals surface area (Å²) in [6, 6.07) is 0. The van der Waals surface area contributed by atoms with Gasteiger partial charge in [-0.05, 0) is 19.3 Å². The fourth-order valence-corrected chi connectivity index (χ4v) is 2.33. The number of piperidine rings is 1. The van der Waals surface area contributed by atoms with Crippen molar-refractivity contribution in [2.75, 3.05) is 6.54 Å². The van der Waals surface area contributed by atoms with Crippen molar-refractivity contribution in [3.63, 3.8) is 0 Å². The summed E-state index contributed by atoms with van der Waals surface area (Å²) in [5.74, 6) is -0.494. The van der Waals surface area contributed by atoms with E-state index in [9.17, 15) is 14.4 Å². The maximum absolute atomic E-state index is 11.5. The summed E-state index contributed by atoms with van der Waals surface area (Å²) in [7, 11) is 0. The first-order valence-corrected chi connectivity index (χ1v) is 5.45. The van der Waals surface area contributed by atoms with Gasteiger partial charge in [0.25, 0.3) is 0 Å². The van der Waals surface area contributed by atoms with E-state index in [-0.39, 0.29) is 24.7 Å². The molecule has 3 amide bonds. The second-order valence-corrected chi connectivity index (χ2v) is 4.11. The summed E-state index contributed by atoms with van der Waals surface area (Å²) >= 11 is 0. The minimum Gasteiger partial charge on any atom is -0.465 e. The van der Waals surface area contributed by atoms with Crippen LogP contribution in [0.1, 0.15) is 32.1 Å². The first-order chi connectivity index (χ1) is 7.61. The molecule has 6 heteroatoms. The summed E-state index contributed by atoms with van der Waals surface area (Å²) in [6.07, 6.45) is 0.992. The van der Waals surface area contributed by atoms with Gasteiger partial charge in [-0.25, -0.2) is 4.79 Å². The zero-order valence-corrected chi connectivity index (χ0v) is 8.89. The van der Waals surface area contributed by atoms with Crippen LogP contribution < -0.4 is 0 Å². The minimum atomic E-state index is -1.06. The summed E-state index contributed by atoms with van der Waals surface area (Å²) in [6.45, 7) is 0.400. The van der Waals surface area contributed by atoms with E-state index in [0.717, 1.165) is 17.7 Å². The molecule has 0 saturated carbocycles. The molecule has 1 atom stereocenters. The van der Waals surface area contributed by atoms with Crippen LogP contribution in [0.5, 0.6) is 0 Å². The molecule has 88 valence electrons. The van der Waals surface area contributed by atoms with Gasteiger partial charge in [0.05, 0.1) is 0 Å². The molecule has 2 fully saturated rings. The van der Waals surface area contributed by atoms with Crippen molar-refractivity contribution in [2.45, 2.75) is 38.3 Å². The van der Waals surface area contributed by atoms with E-state index >= 15 is 0 Å². The summed E-state index contributed by atoms with van der Waals surface area (Å²) in [5.41, 5.74) is 0. The van der Waals surface area contributed by atoms with Crippen molar-refractivity contribution in [2.24, 2.45) is 0 Å². The van der Waals surface area contributed by atoms with Crippen LogP contribution in [0.3, 0.4) is 0 Å². The lowest BCUT2D eigenvalue weighted by atomic mass is 10.1. The largest absolute Gasteiger partial charge is 0.465 e. The second kappa shape index (κ2) is 4.11. The molecule has 16 heavy (non-hydrogen) atoms. The van der Waals surface area contributed by atoms with Crippen molar-refractivity contribution < 1.29 is 19.5 Å². The van der Waals surface area contributed by atoms with E-state index in [1.807, 2.05) is 0 Å². The first-order valence-electron chi connectivity index (χ1n) is 5.45. The van der Waals surface area contributed by atoms with Gasteiger partial charge in [-0.1, -0.05) is 0 Å². The van der Waals surface area contributed by atoms with Gasteiger partial charge in [0.1, 0.15) is 6.17 Å². The monoisotopic (exact) mass is 226 g/mol. The highest BCUT2D eigenvalue weighted by Gasteiger charge is 2.40. The molecule has 2 aliphatic heterocycles. The Morgan fingerprint density at radius 3 is 2.38 bits per heavy atom. The van der Waals surface area contributed by atoms with Gasteiger partial charge in [0, 0.05) is 19.4 Å². The van der Waals surface area contributed by atoms with Gasteiger partial charge in [-0.15, -0.1) is 0 Å². The molecule has 0 aromatic heterocycles. The number of rotatable bonds is 1. The Kier molecular flexibility index (Phi) is 2.80. The zero-order chi connectivity index (χ0) is 11.7. The standard InChI is InChI=1S/C10H14N2O4/c13-8-4-5-9(14)12(8)7-3-1-2-6-11(7)10(15)16/h7H,1-6H2,(H,15,16).